The van der Waals surface area contributed by atoms with E-state index in [1.165, 1.54) is 0 Å². The van der Waals surface area contributed by atoms with Gasteiger partial charge in [0.15, 0.2) is 0 Å². The molecule has 0 heterocycles. The van der Waals surface area contributed by atoms with Crippen molar-refractivity contribution in [1.29, 1.82) is 0 Å². The minimum Gasteiger partial charge on any atom is -0.481 e. The number of esters is 1. The summed E-state index contributed by atoms with van der Waals surface area (Å²) in [6.45, 7) is 5.85. The van der Waals surface area contributed by atoms with Crippen molar-refractivity contribution in [2.24, 2.45) is 23.7 Å². The number of ether oxygens (including phenoxy) is 1. The molecule has 2 rings (SSSR count). The first kappa shape index (κ1) is 24.6. The summed E-state index contributed by atoms with van der Waals surface area (Å²) in [5, 5.41) is 39.1. The molecule has 0 unspecified atom stereocenters. The fraction of sp³-hybridized carbons (Fsp3) is 0.739. The Bertz CT molecular complexity index is 656. The Morgan fingerprint density at radius 3 is 2.60 bits per heavy atom. The molecule has 8 atom stereocenters. The van der Waals surface area contributed by atoms with Gasteiger partial charge in [0.05, 0.1) is 30.7 Å². The second-order valence-corrected chi connectivity index (χ2v) is 8.88. The van der Waals surface area contributed by atoms with E-state index in [9.17, 15) is 24.9 Å². The fourth-order valence-electron chi connectivity index (χ4n) is 4.52. The third-order valence-electron chi connectivity index (χ3n) is 6.44. The number of hydrogen-bond donors (Lipinski definition) is 4. The Balaban J connectivity index is 2.09. The number of carboxylic acid groups (broad SMARTS) is 1. The molecule has 0 spiro atoms. The number of aliphatic hydroxyl groups is 3. The molecular formula is C23H36O7. The van der Waals surface area contributed by atoms with Crippen LogP contribution in [0, 0.1) is 23.7 Å². The molecule has 7 nitrogen and oxygen atoms in total. The van der Waals surface area contributed by atoms with Gasteiger partial charge < -0.3 is 25.2 Å². The monoisotopic (exact) mass is 424 g/mol. The van der Waals surface area contributed by atoms with Crippen LogP contribution in [0.3, 0.4) is 0 Å². The maximum Gasteiger partial charge on any atom is 0.308 e. The van der Waals surface area contributed by atoms with Crippen molar-refractivity contribution >= 4 is 11.9 Å². The number of fused-ring (bicyclic) bond motifs is 1. The van der Waals surface area contributed by atoms with Crippen LogP contribution in [0.5, 0.6) is 0 Å². The zero-order chi connectivity index (χ0) is 22.4. The standard InChI is InChI=1S/C23H36O7/c1-4-13(2)23(29)30-20-11-17(25)9-15-6-5-14(3)19(22(15)20)8-7-16(24)10-18(26)12-21(27)28/h5-6,9,13-14,16-20,22,24-26H,4,7-8,10-12H2,1-3H3,(H,27,28)/t13-,14-,16-,17+,18+,19-,20+,22+/m0/s1. The number of rotatable bonds is 10. The van der Waals surface area contributed by atoms with E-state index < -0.39 is 30.4 Å². The molecule has 170 valence electrons. The van der Waals surface area contributed by atoms with Crippen LogP contribution in [0.4, 0.5) is 0 Å². The molecular weight excluding hydrogens is 388 g/mol. The van der Waals surface area contributed by atoms with Crippen LogP contribution in [0.25, 0.3) is 0 Å². The van der Waals surface area contributed by atoms with Crippen LogP contribution in [-0.2, 0) is 14.3 Å². The molecule has 0 saturated carbocycles. The van der Waals surface area contributed by atoms with E-state index in [0.29, 0.717) is 25.7 Å². The number of carbonyl (C=O) groups is 2. The molecule has 4 N–H and O–H groups in total. The fourth-order valence-corrected chi connectivity index (χ4v) is 4.52. The zero-order valence-corrected chi connectivity index (χ0v) is 18.1. The van der Waals surface area contributed by atoms with Gasteiger partial charge in [0.25, 0.3) is 0 Å². The molecule has 0 aromatic heterocycles. The SMILES string of the molecule is CC[C@H](C)C(=O)O[C@@H]1C[C@H](O)C=C2C=C[C@H](C)[C@H](CC[C@H](O)C[C@@H](O)CC(=O)O)[C@@H]21. The van der Waals surface area contributed by atoms with Gasteiger partial charge in [0.1, 0.15) is 6.10 Å². The summed E-state index contributed by atoms with van der Waals surface area (Å²) in [4.78, 5) is 23.1. The lowest BCUT2D eigenvalue weighted by atomic mass is 9.66. The van der Waals surface area contributed by atoms with Crippen molar-refractivity contribution in [3.05, 3.63) is 23.8 Å². The van der Waals surface area contributed by atoms with Crippen LogP contribution < -0.4 is 0 Å². The van der Waals surface area contributed by atoms with Gasteiger partial charge in [-0.1, -0.05) is 39.0 Å². The molecule has 7 heteroatoms. The summed E-state index contributed by atoms with van der Waals surface area (Å²) < 4.78 is 5.84. The first-order valence-electron chi connectivity index (χ1n) is 11.0. The summed E-state index contributed by atoms with van der Waals surface area (Å²) in [7, 11) is 0. The third kappa shape index (κ3) is 6.65. The van der Waals surface area contributed by atoms with E-state index in [1.807, 2.05) is 26.0 Å². The van der Waals surface area contributed by atoms with Gasteiger partial charge in [0.2, 0.25) is 0 Å². The molecule has 2 aliphatic carbocycles. The van der Waals surface area contributed by atoms with Gasteiger partial charge in [-0.2, -0.15) is 0 Å². The van der Waals surface area contributed by atoms with Gasteiger partial charge in [-0.15, -0.1) is 0 Å². The summed E-state index contributed by atoms with van der Waals surface area (Å²) in [6.07, 6.45) is 4.64. The maximum atomic E-state index is 12.4. The highest BCUT2D eigenvalue weighted by atomic mass is 16.5. The molecule has 0 aromatic rings. The van der Waals surface area contributed by atoms with Crippen LogP contribution in [0.15, 0.2) is 23.8 Å². The Morgan fingerprint density at radius 2 is 1.97 bits per heavy atom. The number of aliphatic carboxylic acids is 1. The quantitative estimate of drug-likeness (QED) is 0.397. The minimum atomic E-state index is -1.10. The van der Waals surface area contributed by atoms with Gasteiger partial charge in [-0.3, -0.25) is 9.59 Å². The van der Waals surface area contributed by atoms with E-state index in [-0.39, 0.29) is 42.5 Å². The number of carbonyl (C=O) groups excluding carboxylic acids is 1. The topological polar surface area (TPSA) is 124 Å². The first-order chi connectivity index (χ1) is 14.1. The van der Waals surface area contributed by atoms with Crippen LogP contribution >= 0.6 is 0 Å². The maximum absolute atomic E-state index is 12.4. The van der Waals surface area contributed by atoms with Crippen molar-refractivity contribution in [3.8, 4) is 0 Å². The molecule has 0 saturated heterocycles. The molecule has 0 radical (unpaired) electrons. The Hall–Kier alpha value is -1.70. The average molecular weight is 425 g/mol. The molecule has 0 aromatic carbocycles. The Morgan fingerprint density at radius 1 is 1.27 bits per heavy atom. The van der Waals surface area contributed by atoms with E-state index >= 15 is 0 Å². The lowest BCUT2D eigenvalue weighted by Crippen LogP contribution is -2.43. The van der Waals surface area contributed by atoms with Crippen molar-refractivity contribution in [2.75, 3.05) is 0 Å². The third-order valence-corrected chi connectivity index (χ3v) is 6.44. The predicted octanol–water partition coefficient (Wildman–Crippen LogP) is 2.44. The largest absolute Gasteiger partial charge is 0.481 e. The second kappa shape index (κ2) is 11.1. The summed E-state index contributed by atoms with van der Waals surface area (Å²) in [5.74, 6) is -1.31. The van der Waals surface area contributed by atoms with Gasteiger partial charge >= 0.3 is 11.9 Å². The Labute approximate surface area is 178 Å². The van der Waals surface area contributed by atoms with E-state index in [1.54, 1.807) is 0 Å². The number of hydrogen-bond acceptors (Lipinski definition) is 6. The van der Waals surface area contributed by atoms with E-state index in [0.717, 1.165) is 5.57 Å². The second-order valence-electron chi connectivity index (χ2n) is 8.88. The Kier molecular flexibility index (Phi) is 9.07. The number of carboxylic acids is 1. The predicted molar refractivity (Wildman–Crippen MR) is 111 cm³/mol. The van der Waals surface area contributed by atoms with E-state index in [4.69, 9.17) is 9.84 Å². The highest BCUT2D eigenvalue weighted by Crippen LogP contribution is 2.44. The summed E-state index contributed by atoms with van der Waals surface area (Å²) in [6, 6.07) is 0. The molecule has 30 heavy (non-hydrogen) atoms. The minimum absolute atomic E-state index is 0.0156. The summed E-state index contributed by atoms with van der Waals surface area (Å²) >= 11 is 0. The van der Waals surface area contributed by atoms with Crippen molar-refractivity contribution in [3.63, 3.8) is 0 Å². The van der Waals surface area contributed by atoms with E-state index in [2.05, 4.69) is 13.0 Å². The molecule has 0 amide bonds. The van der Waals surface area contributed by atoms with Crippen molar-refractivity contribution in [1.82, 2.24) is 0 Å². The number of aliphatic hydroxyl groups excluding tert-OH is 3. The lowest BCUT2D eigenvalue weighted by molar-refractivity contribution is -0.159. The van der Waals surface area contributed by atoms with Gasteiger partial charge in [-0.25, -0.2) is 0 Å². The molecule has 2 aliphatic rings. The molecule has 0 fully saturated rings. The van der Waals surface area contributed by atoms with Crippen molar-refractivity contribution < 1.29 is 34.8 Å². The number of allylic oxidation sites excluding steroid dienone is 2. The summed E-state index contributed by atoms with van der Waals surface area (Å²) in [5.41, 5.74) is 0.958. The van der Waals surface area contributed by atoms with Crippen LogP contribution in [-0.4, -0.2) is 56.8 Å². The molecule has 0 aliphatic heterocycles. The highest BCUT2D eigenvalue weighted by molar-refractivity contribution is 5.72. The lowest BCUT2D eigenvalue weighted by Gasteiger charge is -2.43. The highest BCUT2D eigenvalue weighted by Gasteiger charge is 2.42. The first-order valence-corrected chi connectivity index (χ1v) is 11.0. The zero-order valence-electron chi connectivity index (χ0n) is 18.1. The smallest absolute Gasteiger partial charge is 0.308 e. The van der Waals surface area contributed by atoms with Gasteiger partial charge in [-0.05, 0) is 43.1 Å². The van der Waals surface area contributed by atoms with Crippen molar-refractivity contribution in [2.45, 2.75) is 83.7 Å². The van der Waals surface area contributed by atoms with Gasteiger partial charge in [0, 0.05) is 12.3 Å². The normalized spacial score (nSPS) is 31.3. The molecule has 0 bridgehead atoms. The van der Waals surface area contributed by atoms with Crippen LogP contribution in [0.1, 0.15) is 59.3 Å². The average Bonchev–Trinajstić information content (AvgIpc) is 2.65. The van der Waals surface area contributed by atoms with Crippen LogP contribution in [0.2, 0.25) is 0 Å².